The first-order valence-corrected chi connectivity index (χ1v) is 11.9. The summed E-state index contributed by atoms with van der Waals surface area (Å²) in [7, 11) is 0. The highest BCUT2D eigenvalue weighted by molar-refractivity contribution is 5.84. The Morgan fingerprint density at radius 2 is 1.74 bits per heavy atom. The predicted octanol–water partition coefficient (Wildman–Crippen LogP) is 6.12. The Bertz CT molecular complexity index is 908. The van der Waals surface area contributed by atoms with Crippen molar-refractivity contribution in [1.29, 1.82) is 0 Å². The van der Waals surface area contributed by atoms with E-state index in [-0.39, 0.29) is 5.92 Å². The minimum atomic E-state index is -0.664. The van der Waals surface area contributed by atoms with E-state index in [0.29, 0.717) is 18.1 Å². The molecule has 1 saturated heterocycles. The SMILES string of the molecule is CC(C)(C)[C@H]1CC[C@H](Oc2ccc3cc(CN4CCC[C@H](C(=O)O)C4)ccc3c2)CC1. The molecule has 2 aromatic carbocycles. The number of aliphatic carboxylic acids is 1. The molecule has 1 saturated carbocycles. The molecule has 0 aromatic heterocycles. The Balaban J connectivity index is 1.37. The normalized spacial score (nSPS) is 25.5. The summed E-state index contributed by atoms with van der Waals surface area (Å²) in [6, 6.07) is 13.0. The molecular formula is C27H37NO3. The first kappa shape index (κ1) is 22.1. The molecule has 1 heterocycles. The molecule has 0 bridgehead atoms. The number of carbonyl (C=O) groups is 1. The lowest BCUT2D eigenvalue weighted by Crippen LogP contribution is -2.38. The Kier molecular flexibility index (Phi) is 6.57. The van der Waals surface area contributed by atoms with Crippen molar-refractivity contribution in [3.63, 3.8) is 0 Å². The van der Waals surface area contributed by atoms with Crippen molar-refractivity contribution < 1.29 is 14.6 Å². The summed E-state index contributed by atoms with van der Waals surface area (Å²) in [6.07, 6.45) is 6.89. The van der Waals surface area contributed by atoms with Crippen molar-refractivity contribution in [1.82, 2.24) is 4.90 Å². The maximum atomic E-state index is 11.3. The molecule has 31 heavy (non-hydrogen) atoms. The zero-order chi connectivity index (χ0) is 22.0. The zero-order valence-electron chi connectivity index (χ0n) is 19.3. The van der Waals surface area contributed by atoms with Gasteiger partial charge in [-0.05, 0) is 90.9 Å². The van der Waals surface area contributed by atoms with Gasteiger partial charge in [0.2, 0.25) is 0 Å². The van der Waals surface area contributed by atoms with Crippen LogP contribution < -0.4 is 4.74 Å². The Labute approximate surface area is 186 Å². The second-order valence-corrected chi connectivity index (χ2v) is 10.7. The smallest absolute Gasteiger partial charge is 0.307 e. The van der Waals surface area contributed by atoms with Crippen molar-refractivity contribution in [3.05, 3.63) is 42.0 Å². The lowest BCUT2D eigenvalue weighted by atomic mass is 9.72. The van der Waals surface area contributed by atoms with Gasteiger partial charge in [-0.2, -0.15) is 0 Å². The van der Waals surface area contributed by atoms with Crippen LogP contribution in [0.5, 0.6) is 5.75 Å². The van der Waals surface area contributed by atoms with Crippen molar-refractivity contribution in [3.8, 4) is 5.75 Å². The molecular weight excluding hydrogens is 386 g/mol. The summed E-state index contributed by atoms with van der Waals surface area (Å²) in [4.78, 5) is 13.6. The van der Waals surface area contributed by atoms with Crippen molar-refractivity contribution in [2.24, 2.45) is 17.3 Å². The van der Waals surface area contributed by atoms with E-state index in [0.717, 1.165) is 50.4 Å². The number of benzene rings is 2. The van der Waals surface area contributed by atoms with E-state index in [4.69, 9.17) is 4.74 Å². The number of nitrogens with zero attached hydrogens (tertiary/aromatic N) is 1. The highest BCUT2D eigenvalue weighted by Crippen LogP contribution is 2.39. The van der Waals surface area contributed by atoms with Crippen molar-refractivity contribution in [2.75, 3.05) is 13.1 Å². The third-order valence-electron chi connectivity index (χ3n) is 7.34. The van der Waals surface area contributed by atoms with Crippen LogP contribution in [0.15, 0.2) is 36.4 Å². The van der Waals surface area contributed by atoms with Gasteiger partial charge < -0.3 is 9.84 Å². The number of likely N-dealkylation sites (tertiary alicyclic amines) is 1. The van der Waals surface area contributed by atoms with Crippen LogP contribution in [0.4, 0.5) is 0 Å². The number of rotatable bonds is 5. The summed E-state index contributed by atoms with van der Waals surface area (Å²) in [5, 5.41) is 11.7. The molecule has 0 spiro atoms. The number of fused-ring (bicyclic) bond motifs is 1. The van der Waals surface area contributed by atoms with Crippen LogP contribution in [0.2, 0.25) is 0 Å². The minimum absolute atomic E-state index is 0.229. The van der Waals surface area contributed by atoms with Gasteiger partial charge in [0.05, 0.1) is 12.0 Å². The fraction of sp³-hybridized carbons (Fsp3) is 0.593. The topological polar surface area (TPSA) is 49.8 Å². The van der Waals surface area contributed by atoms with Gasteiger partial charge in [0.1, 0.15) is 5.75 Å². The average Bonchev–Trinajstić information content (AvgIpc) is 2.74. The first-order valence-electron chi connectivity index (χ1n) is 11.9. The number of ether oxygens (including phenoxy) is 1. The number of hydrogen-bond donors (Lipinski definition) is 1. The highest BCUT2D eigenvalue weighted by Gasteiger charge is 2.30. The molecule has 4 rings (SSSR count). The van der Waals surface area contributed by atoms with Gasteiger partial charge in [-0.3, -0.25) is 9.69 Å². The third kappa shape index (κ3) is 5.60. The average molecular weight is 424 g/mol. The van der Waals surface area contributed by atoms with E-state index in [1.54, 1.807) is 0 Å². The van der Waals surface area contributed by atoms with Gasteiger partial charge in [0.15, 0.2) is 0 Å². The molecule has 0 radical (unpaired) electrons. The fourth-order valence-corrected chi connectivity index (χ4v) is 5.34. The van der Waals surface area contributed by atoms with Crippen LogP contribution >= 0.6 is 0 Å². The number of piperidine rings is 1. The fourth-order valence-electron chi connectivity index (χ4n) is 5.34. The Hall–Kier alpha value is -2.07. The quantitative estimate of drug-likeness (QED) is 0.629. The molecule has 0 amide bonds. The number of hydrogen-bond acceptors (Lipinski definition) is 3. The third-order valence-corrected chi connectivity index (χ3v) is 7.34. The lowest BCUT2D eigenvalue weighted by molar-refractivity contribution is -0.143. The summed E-state index contributed by atoms with van der Waals surface area (Å²) < 4.78 is 6.35. The lowest BCUT2D eigenvalue weighted by Gasteiger charge is -2.37. The second-order valence-electron chi connectivity index (χ2n) is 10.7. The molecule has 2 aliphatic rings. The van der Waals surface area contributed by atoms with Gasteiger partial charge >= 0.3 is 5.97 Å². The number of carboxylic acid groups (broad SMARTS) is 1. The molecule has 4 heteroatoms. The van der Waals surface area contributed by atoms with Crippen LogP contribution in [0.1, 0.15) is 64.9 Å². The van der Waals surface area contributed by atoms with E-state index in [1.165, 1.54) is 29.2 Å². The Morgan fingerprint density at radius 3 is 2.45 bits per heavy atom. The monoisotopic (exact) mass is 423 g/mol. The molecule has 2 fully saturated rings. The van der Waals surface area contributed by atoms with E-state index < -0.39 is 5.97 Å². The molecule has 1 N–H and O–H groups in total. The zero-order valence-corrected chi connectivity index (χ0v) is 19.3. The van der Waals surface area contributed by atoms with Crippen LogP contribution in [0.25, 0.3) is 10.8 Å². The van der Waals surface area contributed by atoms with Crippen LogP contribution in [-0.4, -0.2) is 35.2 Å². The summed E-state index contributed by atoms with van der Waals surface area (Å²) in [5.74, 6) is 0.878. The minimum Gasteiger partial charge on any atom is -0.490 e. The standard InChI is InChI=1S/C27H37NO3/c1-27(2,3)23-9-12-24(13-10-23)31-25-11-8-20-15-19(6-7-21(20)16-25)17-28-14-4-5-22(18-28)26(29)30/h6-8,11,15-16,22-24H,4-5,9-10,12-14,17-18H2,1-3H3,(H,29,30)/t22-,23-,24-/m0/s1. The maximum Gasteiger partial charge on any atom is 0.307 e. The van der Waals surface area contributed by atoms with Gasteiger partial charge in [0, 0.05) is 13.1 Å². The van der Waals surface area contributed by atoms with Gasteiger partial charge in [-0.1, -0.05) is 39.0 Å². The van der Waals surface area contributed by atoms with Crippen LogP contribution in [-0.2, 0) is 11.3 Å². The van der Waals surface area contributed by atoms with E-state index in [2.05, 4.69) is 62.1 Å². The summed E-state index contributed by atoms with van der Waals surface area (Å²) in [5.41, 5.74) is 1.64. The second kappa shape index (κ2) is 9.20. The summed E-state index contributed by atoms with van der Waals surface area (Å²) >= 11 is 0. The van der Waals surface area contributed by atoms with E-state index in [9.17, 15) is 9.90 Å². The van der Waals surface area contributed by atoms with Gasteiger partial charge in [-0.25, -0.2) is 0 Å². The van der Waals surface area contributed by atoms with Gasteiger partial charge in [-0.15, -0.1) is 0 Å². The molecule has 168 valence electrons. The van der Waals surface area contributed by atoms with Crippen LogP contribution in [0.3, 0.4) is 0 Å². The maximum absolute atomic E-state index is 11.3. The van der Waals surface area contributed by atoms with Gasteiger partial charge in [0.25, 0.3) is 0 Å². The molecule has 1 aliphatic heterocycles. The largest absolute Gasteiger partial charge is 0.490 e. The molecule has 2 aromatic rings. The van der Waals surface area contributed by atoms with Crippen LogP contribution in [0, 0.1) is 17.3 Å². The number of carboxylic acids is 1. The Morgan fingerprint density at radius 1 is 1.03 bits per heavy atom. The van der Waals surface area contributed by atoms with E-state index in [1.807, 2.05) is 0 Å². The van der Waals surface area contributed by atoms with Crippen molar-refractivity contribution in [2.45, 2.75) is 71.9 Å². The highest BCUT2D eigenvalue weighted by atomic mass is 16.5. The first-order chi connectivity index (χ1) is 14.8. The molecule has 4 nitrogen and oxygen atoms in total. The van der Waals surface area contributed by atoms with Crippen molar-refractivity contribution >= 4 is 16.7 Å². The molecule has 0 unspecified atom stereocenters. The summed E-state index contributed by atoms with van der Waals surface area (Å²) in [6.45, 7) is 9.50. The van der Waals surface area contributed by atoms with E-state index >= 15 is 0 Å². The molecule has 1 aliphatic carbocycles. The predicted molar refractivity (Wildman–Crippen MR) is 125 cm³/mol. The molecule has 1 atom stereocenters.